The second-order valence-electron chi connectivity index (χ2n) is 9.88. The summed E-state index contributed by atoms with van der Waals surface area (Å²) in [5.41, 5.74) is -0.0798. The SMILES string of the molecule is C[C@@H]1[C@H](C#CC(C)(C)C)C[C@H](N(C=O)C2CCCCC2)C[C@H]1OC(=O)c1cccs1. The predicted octanol–water partition coefficient (Wildman–Crippen LogP) is 5.53. The van der Waals surface area contributed by atoms with Crippen LogP contribution in [0.2, 0.25) is 0 Å². The Balaban J connectivity index is 1.82. The van der Waals surface area contributed by atoms with Crippen LogP contribution < -0.4 is 0 Å². The summed E-state index contributed by atoms with van der Waals surface area (Å²) in [4.78, 5) is 27.4. The molecular formula is C25H35NO3S. The maximum atomic E-state index is 12.7. The molecule has 1 amide bonds. The Labute approximate surface area is 185 Å². The van der Waals surface area contributed by atoms with E-state index < -0.39 is 0 Å². The summed E-state index contributed by atoms with van der Waals surface area (Å²) in [6, 6.07) is 4.04. The van der Waals surface area contributed by atoms with Crippen LogP contribution in [0, 0.1) is 29.1 Å². The van der Waals surface area contributed by atoms with Gasteiger partial charge >= 0.3 is 5.97 Å². The molecule has 2 aliphatic carbocycles. The van der Waals surface area contributed by atoms with E-state index in [0.717, 1.165) is 25.7 Å². The smallest absolute Gasteiger partial charge is 0.348 e. The van der Waals surface area contributed by atoms with Crippen LogP contribution in [-0.2, 0) is 9.53 Å². The van der Waals surface area contributed by atoms with Crippen LogP contribution in [0.25, 0.3) is 0 Å². The van der Waals surface area contributed by atoms with E-state index in [-0.39, 0.29) is 35.4 Å². The van der Waals surface area contributed by atoms with Gasteiger partial charge in [0.25, 0.3) is 0 Å². The number of hydrogen-bond donors (Lipinski definition) is 0. The van der Waals surface area contributed by atoms with Crippen LogP contribution >= 0.6 is 11.3 Å². The fraction of sp³-hybridized carbons (Fsp3) is 0.680. The molecule has 2 fully saturated rings. The van der Waals surface area contributed by atoms with E-state index in [9.17, 15) is 9.59 Å². The number of esters is 1. The number of thiophene rings is 1. The van der Waals surface area contributed by atoms with Gasteiger partial charge in [0.1, 0.15) is 11.0 Å². The largest absolute Gasteiger partial charge is 0.458 e. The van der Waals surface area contributed by atoms with Crippen molar-refractivity contribution in [1.82, 2.24) is 4.90 Å². The van der Waals surface area contributed by atoms with E-state index >= 15 is 0 Å². The van der Waals surface area contributed by atoms with E-state index in [1.165, 1.54) is 30.6 Å². The maximum absolute atomic E-state index is 12.7. The summed E-state index contributed by atoms with van der Waals surface area (Å²) in [6.45, 7) is 8.47. The number of rotatable bonds is 5. The van der Waals surface area contributed by atoms with Crippen molar-refractivity contribution in [3.8, 4) is 11.8 Å². The van der Waals surface area contributed by atoms with E-state index in [2.05, 4.69) is 39.5 Å². The minimum Gasteiger partial charge on any atom is -0.458 e. The number of carbonyl (C=O) groups excluding carboxylic acids is 2. The molecule has 0 unspecified atom stereocenters. The number of nitrogens with zero attached hydrogens (tertiary/aromatic N) is 1. The van der Waals surface area contributed by atoms with Crippen molar-refractivity contribution in [3.05, 3.63) is 22.4 Å². The highest BCUT2D eigenvalue weighted by Gasteiger charge is 2.40. The van der Waals surface area contributed by atoms with Crippen LogP contribution in [0.5, 0.6) is 0 Å². The number of amides is 1. The molecule has 0 spiro atoms. The van der Waals surface area contributed by atoms with Crippen molar-refractivity contribution in [2.45, 2.75) is 90.8 Å². The maximum Gasteiger partial charge on any atom is 0.348 e. The van der Waals surface area contributed by atoms with Gasteiger partial charge in [-0.25, -0.2) is 4.79 Å². The minimum atomic E-state index is -0.264. The van der Waals surface area contributed by atoms with E-state index in [0.29, 0.717) is 17.3 Å². The van der Waals surface area contributed by atoms with Gasteiger partial charge in [-0.05, 0) is 51.5 Å². The van der Waals surface area contributed by atoms with Crippen molar-refractivity contribution in [2.75, 3.05) is 0 Å². The summed E-state index contributed by atoms with van der Waals surface area (Å²) in [6.07, 6.45) is 8.11. The number of hydrogen-bond acceptors (Lipinski definition) is 4. The first kappa shape index (κ1) is 22.9. The Morgan fingerprint density at radius 3 is 2.53 bits per heavy atom. The molecule has 0 bridgehead atoms. The monoisotopic (exact) mass is 429 g/mol. The fourth-order valence-corrected chi connectivity index (χ4v) is 5.29. The van der Waals surface area contributed by atoms with Crippen LogP contribution in [0.4, 0.5) is 0 Å². The van der Waals surface area contributed by atoms with Gasteiger partial charge in [0.15, 0.2) is 0 Å². The molecule has 0 aliphatic heterocycles. The van der Waals surface area contributed by atoms with Crippen molar-refractivity contribution < 1.29 is 14.3 Å². The highest BCUT2D eigenvalue weighted by molar-refractivity contribution is 7.11. The van der Waals surface area contributed by atoms with Crippen LogP contribution in [0.3, 0.4) is 0 Å². The van der Waals surface area contributed by atoms with Crippen LogP contribution in [-0.4, -0.2) is 35.5 Å². The molecule has 0 N–H and O–H groups in total. The summed E-state index contributed by atoms with van der Waals surface area (Å²) >= 11 is 1.40. The van der Waals surface area contributed by atoms with Gasteiger partial charge in [-0.1, -0.05) is 44.1 Å². The van der Waals surface area contributed by atoms with Gasteiger partial charge in [0.2, 0.25) is 6.41 Å². The third-order valence-electron chi connectivity index (χ3n) is 6.40. The molecule has 4 nitrogen and oxygen atoms in total. The van der Waals surface area contributed by atoms with Gasteiger partial charge in [0, 0.05) is 35.8 Å². The van der Waals surface area contributed by atoms with Crippen molar-refractivity contribution in [3.63, 3.8) is 0 Å². The first-order valence-corrected chi connectivity index (χ1v) is 12.2. The molecule has 1 aromatic heterocycles. The summed E-state index contributed by atoms with van der Waals surface area (Å²) in [5, 5.41) is 1.89. The molecule has 0 aromatic carbocycles. The molecule has 5 heteroatoms. The molecule has 2 aliphatic rings. The van der Waals surface area contributed by atoms with Gasteiger partial charge in [0.05, 0.1) is 0 Å². The fourth-order valence-electron chi connectivity index (χ4n) is 4.68. The Morgan fingerprint density at radius 1 is 1.20 bits per heavy atom. The second-order valence-corrected chi connectivity index (χ2v) is 10.8. The van der Waals surface area contributed by atoms with Crippen LogP contribution in [0.15, 0.2) is 17.5 Å². The molecule has 3 rings (SSSR count). The quantitative estimate of drug-likeness (QED) is 0.351. The van der Waals surface area contributed by atoms with Crippen molar-refractivity contribution in [1.29, 1.82) is 0 Å². The molecule has 1 heterocycles. The predicted molar refractivity (Wildman–Crippen MR) is 121 cm³/mol. The Kier molecular flexibility index (Phi) is 7.63. The van der Waals surface area contributed by atoms with E-state index in [1.54, 1.807) is 6.07 Å². The topological polar surface area (TPSA) is 46.6 Å². The highest BCUT2D eigenvalue weighted by atomic mass is 32.1. The summed E-state index contributed by atoms with van der Waals surface area (Å²) < 4.78 is 5.98. The highest BCUT2D eigenvalue weighted by Crippen LogP contribution is 2.37. The molecule has 1 aromatic rings. The lowest BCUT2D eigenvalue weighted by molar-refractivity contribution is -0.126. The number of carbonyl (C=O) groups is 2. The molecule has 164 valence electrons. The minimum absolute atomic E-state index is 0.0715. The van der Waals surface area contributed by atoms with Gasteiger partial charge in [-0.2, -0.15) is 0 Å². The van der Waals surface area contributed by atoms with Gasteiger partial charge in [-0.3, -0.25) is 4.79 Å². The molecule has 2 saturated carbocycles. The first-order valence-electron chi connectivity index (χ1n) is 11.3. The average molecular weight is 430 g/mol. The van der Waals surface area contributed by atoms with E-state index in [1.807, 2.05) is 16.3 Å². The molecule has 0 radical (unpaired) electrons. The normalized spacial score (nSPS) is 27.6. The third kappa shape index (κ3) is 5.88. The zero-order valence-electron chi connectivity index (χ0n) is 18.7. The third-order valence-corrected chi connectivity index (χ3v) is 7.25. The Morgan fingerprint density at radius 2 is 1.93 bits per heavy atom. The first-order chi connectivity index (χ1) is 14.3. The Hall–Kier alpha value is -1.80. The summed E-state index contributed by atoms with van der Waals surface area (Å²) in [5.74, 6) is 6.85. The molecule has 30 heavy (non-hydrogen) atoms. The zero-order valence-corrected chi connectivity index (χ0v) is 19.5. The molecular weight excluding hydrogens is 394 g/mol. The average Bonchev–Trinajstić information content (AvgIpc) is 3.25. The second kappa shape index (κ2) is 10.0. The van der Waals surface area contributed by atoms with Crippen molar-refractivity contribution in [2.24, 2.45) is 17.3 Å². The summed E-state index contributed by atoms with van der Waals surface area (Å²) in [7, 11) is 0. The Bertz CT molecular complexity index is 765. The molecule has 4 atom stereocenters. The van der Waals surface area contributed by atoms with Gasteiger partial charge < -0.3 is 9.64 Å². The lowest BCUT2D eigenvalue weighted by atomic mass is 9.74. The van der Waals surface area contributed by atoms with Crippen LogP contribution in [0.1, 0.15) is 82.3 Å². The zero-order chi connectivity index (χ0) is 21.7. The lowest BCUT2D eigenvalue weighted by Crippen LogP contribution is -2.50. The lowest BCUT2D eigenvalue weighted by Gasteiger charge is -2.44. The molecule has 0 saturated heterocycles. The number of ether oxygens (including phenoxy) is 1. The van der Waals surface area contributed by atoms with Gasteiger partial charge in [-0.15, -0.1) is 11.3 Å². The standard InChI is InChI=1S/C25H35NO3S/c1-18-19(12-13-25(2,3)4)15-21(26(17-27)20-9-6-5-7-10-20)16-22(18)29-24(28)23-11-8-14-30-23/h8,11,14,17-22H,5-7,9-10,15-16H2,1-4H3/t18-,19-,21+,22-/m1/s1. The van der Waals surface area contributed by atoms with E-state index in [4.69, 9.17) is 4.74 Å². The van der Waals surface area contributed by atoms with Crippen molar-refractivity contribution >= 4 is 23.7 Å².